The van der Waals surface area contributed by atoms with Gasteiger partial charge in [-0.2, -0.15) is 0 Å². The molecule has 2 aromatic carbocycles. The molecule has 2 unspecified atom stereocenters. The summed E-state index contributed by atoms with van der Waals surface area (Å²) in [7, 11) is 0. The molecule has 2 atom stereocenters. The molecule has 4 rings (SSSR count). The SMILES string of the molecule is CC(C)C(C)(NC(=O)OCc1ccccc1)C(=O)ON1C(=O)CCC(N2Cc3c(CN)cccc3C2=O)C1=O. The molecule has 2 aliphatic heterocycles. The maximum absolute atomic E-state index is 13.4. The van der Waals surface area contributed by atoms with E-state index in [1.165, 1.54) is 11.8 Å². The van der Waals surface area contributed by atoms with Crippen molar-refractivity contribution < 1.29 is 33.5 Å². The molecule has 2 aromatic rings. The minimum atomic E-state index is -1.63. The molecule has 11 heteroatoms. The number of nitrogens with two attached hydrogens (primary N) is 1. The Bertz CT molecular complexity index is 1300. The molecule has 11 nitrogen and oxygen atoms in total. The lowest BCUT2D eigenvalue weighted by atomic mass is 9.89. The molecule has 1 saturated heterocycles. The number of fused-ring (bicyclic) bond motifs is 1. The van der Waals surface area contributed by atoms with E-state index in [4.69, 9.17) is 15.3 Å². The van der Waals surface area contributed by atoms with E-state index >= 15 is 0 Å². The number of hydrogen-bond donors (Lipinski definition) is 2. The highest BCUT2D eigenvalue weighted by Crippen LogP contribution is 2.31. The maximum Gasteiger partial charge on any atom is 0.408 e. The number of hydrogen-bond acceptors (Lipinski definition) is 8. The number of nitrogens with zero attached hydrogens (tertiary/aromatic N) is 2. The van der Waals surface area contributed by atoms with E-state index in [-0.39, 0.29) is 38.4 Å². The monoisotopic (exact) mass is 536 g/mol. The number of imide groups is 1. The average Bonchev–Trinajstić information content (AvgIpc) is 3.26. The molecule has 1 fully saturated rings. The van der Waals surface area contributed by atoms with E-state index in [1.807, 2.05) is 12.1 Å². The third kappa shape index (κ3) is 5.49. The number of amides is 4. The minimum absolute atomic E-state index is 0.0151. The number of piperidine rings is 1. The van der Waals surface area contributed by atoms with E-state index < -0.39 is 41.4 Å². The molecule has 2 heterocycles. The molecule has 3 N–H and O–H groups in total. The maximum atomic E-state index is 13.4. The smallest absolute Gasteiger partial charge is 0.408 e. The van der Waals surface area contributed by atoms with Gasteiger partial charge in [-0.25, -0.2) is 9.59 Å². The molecule has 206 valence electrons. The third-order valence-corrected chi connectivity index (χ3v) is 7.36. The molecular formula is C28H32N4O7. The lowest BCUT2D eigenvalue weighted by Gasteiger charge is -2.37. The van der Waals surface area contributed by atoms with Gasteiger partial charge in [0.15, 0.2) is 0 Å². The van der Waals surface area contributed by atoms with E-state index in [2.05, 4.69) is 5.32 Å². The van der Waals surface area contributed by atoms with Crippen molar-refractivity contribution in [3.8, 4) is 0 Å². The van der Waals surface area contributed by atoms with Crippen LogP contribution in [-0.4, -0.2) is 51.3 Å². The highest BCUT2D eigenvalue weighted by molar-refractivity contribution is 6.05. The summed E-state index contributed by atoms with van der Waals surface area (Å²) in [5.74, 6) is -3.40. The topological polar surface area (TPSA) is 148 Å². The molecule has 2 aliphatic rings. The van der Waals surface area contributed by atoms with Crippen LogP contribution in [0.3, 0.4) is 0 Å². The second kappa shape index (κ2) is 11.2. The summed E-state index contributed by atoms with van der Waals surface area (Å²) in [5.41, 5.74) is 6.94. The van der Waals surface area contributed by atoms with Gasteiger partial charge in [0, 0.05) is 25.1 Å². The first kappa shape index (κ1) is 27.8. The van der Waals surface area contributed by atoms with Crippen LogP contribution in [0.5, 0.6) is 0 Å². The quantitative estimate of drug-likeness (QED) is 0.489. The van der Waals surface area contributed by atoms with Gasteiger partial charge in [-0.15, -0.1) is 5.06 Å². The van der Waals surface area contributed by atoms with Crippen LogP contribution in [0, 0.1) is 5.92 Å². The Hall–Kier alpha value is -4.25. The lowest BCUT2D eigenvalue weighted by Crippen LogP contribution is -2.61. The van der Waals surface area contributed by atoms with Crippen LogP contribution in [0.1, 0.15) is 60.7 Å². The van der Waals surface area contributed by atoms with Crippen molar-refractivity contribution in [1.29, 1.82) is 0 Å². The number of carbonyl (C=O) groups is 5. The van der Waals surface area contributed by atoms with E-state index in [0.717, 1.165) is 16.7 Å². The van der Waals surface area contributed by atoms with Gasteiger partial charge in [-0.1, -0.05) is 56.3 Å². The fraction of sp³-hybridized carbons (Fsp3) is 0.393. The molecule has 0 aliphatic carbocycles. The van der Waals surface area contributed by atoms with Crippen LogP contribution in [0.15, 0.2) is 48.5 Å². The Morgan fingerprint density at radius 1 is 1.10 bits per heavy atom. The summed E-state index contributed by atoms with van der Waals surface area (Å²) in [6, 6.07) is 13.2. The van der Waals surface area contributed by atoms with E-state index in [9.17, 15) is 24.0 Å². The molecular weight excluding hydrogens is 504 g/mol. The summed E-state index contributed by atoms with van der Waals surface area (Å²) in [6.07, 6.45) is -0.884. The van der Waals surface area contributed by atoms with E-state index in [0.29, 0.717) is 10.6 Å². The second-order valence-corrected chi connectivity index (χ2v) is 10.1. The van der Waals surface area contributed by atoms with Gasteiger partial charge in [-0.05, 0) is 42.0 Å². The first-order valence-electron chi connectivity index (χ1n) is 12.8. The van der Waals surface area contributed by atoms with E-state index in [1.54, 1.807) is 50.2 Å². The number of alkyl carbamates (subject to hydrolysis) is 1. The van der Waals surface area contributed by atoms with Gasteiger partial charge >= 0.3 is 12.1 Å². The Balaban J connectivity index is 1.46. The Morgan fingerprint density at radius 2 is 1.82 bits per heavy atom. The van der Waals surface area contributed by atoms with Crippen molar-refractivity contribution in [2.24, 2.45) is 11.7 Å². The number of nitrogens with one attached hydrogen (secondary N) is 1. The highest BCUT2D eigenvalue weighted by atomic mass is 16.7. The third-order valence-electron chi connectivity index (χ3n) is 7.36. The number of rotatable bonds is 8. The molecule has 0 radical (unpaired) electrons. The lowest BCUT2D eigenvalue weighted by molar-refractivity contribution is -0.213. The van der Waals surface area contributed by atoms with Crippen LogP contribution >= 0.6 is 0 Å². The summed E-state index contributed by atoms with van der Waals surface area (Å²) < 4.78 is 5.24. The summed E-state index contributed by atoms with van der Waals surface area (Å²) >= 11 is 0. The number of carbonyl (C=O) groups excluding carboxylic acids is 5. The Labute approximate surface area is 226 Å². The normalized spacial score (nSPS) is 18.6. The standard InChI is InChI=1S/C28H32N4O7/c1-17(2)28(3,30-27(37)38-16-18-8-5-4-6-9-18)26(36)39-32-23(33)13-12-22(25(32)35)31-15-21-19(14-29)10-7-11-20(21)24(31)34/h4-11,17,22H,12-16,29H2,1-3H3,(H,30,37). The van der Waals surface area contributed by atoms with Crippen molar-refractivity contribution in [2.75, 3.05) is 0 Å². The first-order valence-corrected chi connectivity index (χ1v) is 12.8. The van der Waals surface area contributed by atoms with Crippen molar-refractivity contribution in [1.82, 2.24) is 15.3 Å². The minimum Gasteiger partial charge on any atom is -0.445 e. The van der Waals surface area contributed by atoms with Crippen LogP contribution in [0.2, 0.25) is 0 Å². The number of ether oxygens (including phenoxy) is 1. The first-order chi connectivity index (χ1) is 18.6. The van der Waals surface area contributed by atoms with Crippen LogP contribution in [0.4, 0.5) is 4.79 Å². The predicted molar refractivity (Wildman–Crippen MR) is 138 cm³/mol. The predicted octanol–water partition coefficient (Wildman–Crippen LogP) is 2.42. The zero-order valence-corrected chi connectivity index (χ0v) is 22.1. The van der Waals surface area contributed by atoms with Gasteiger partial charge in [0.05, 0.1) is 0 Å². The van der Waals surface area contributed by atoms with Crippen LogP contribution in [0.25, 0.3) is 0 Å². The fourth-order valence-corrected chi connectivity index (χ4v) is 4.57. The number of benzene rings is 2. The molecule has 4 amide bonds. The zero-order valence-electron chi connectivity index (χ0n) is 22.1. The van der Waals surface area contributed by atoms with Crippen molar-refractivity contribution in [3.63, 3.8) is 0 Å². The molecule has 39 heavy (non-hydrogen) atoms. The fourth-order valence-electron chi connectivity index (χ4n) is 4.57. The number of hydroxylamine groups is 2. The second-order valence-electron chi connectivity index (χ2n) is 10.1. The van der Waals surface area contributed by atoms with Crippen LogP contribution < -0.4 is 11.1 Å². The molecule has 0 saturated carbocycles. The summed E-state index contributed by atoms with van der Waals surface area (Å²) in [5, 5.41) is 2.93. The highest BCUT2D eigenvalue weighted by Gasteiger charge is 2.48. The van der Waals surface area contributed by atoms with Gasteiger partial charge in [0.25, 0.3) is 17.7 Å². The molecule has 0 bridgehead atoms. The molecule has 0 aromatic heterocycles. The van der Waals surface area contributed by atoms with Crippen molar-refractivity contribution in [2.45, 2.75) is 64.9 Å². The van der Waals surface area contributed by atoms with Crippen molar-refractivity contribution in [3.05, 3.63) is 70.8 Å². The summed E-state index contributed by atoms with van der Waals surface area (Å²) in [6.45, 7) is 5.16. The van der Waals surface area contributed by atoms with Gasteiger partial charge in [0.2, 0.25) is 0 Å². The van der Waals surface area contributed by atoms with Crippen LogP contribution in [-0.2, 0) is 43.7 Å². The summed E-state index contributed by atoms with van der Waals surface area (Å²) in [4.78, 5) is 71.7. The van der Waals surface area contributed by atoms with Gasteiger partial charge < -0.3 is 25.5 Å². The zero-order chi connectivity index (χ0) is 28.3. The van der Waals surface area contributed by atoms with Gasteiger partial charge in [-0.3, -0.25) is 14.4 Å². The largest absolute Gasteiger partial charge is 0.445 e. The molecule has 0 spiro atoms. The van der Waals surface area contributed by atoms with Gasteiger partial charge in [0.1, 0.15) is 18.2 Å². The Morgan fingerprint density at radius 3 is 2.49 bits per heavy atom. The average molecular weight is 537 g/mol. The Kier molecular flexibility index (Phi) is 8.01. The van der Waals surface area contributed by atoms with Crippen molar-refractivity contribution >= 4 is 29.8 Å².